The number of unbranched alkanes of at least 4 members (excludes halogenated alkanes) is 1. The zero-order chi connectivity index (χ0) is 9.45. The fourth-order valence-electron chi connectivity index (χ4n) is 0.712. The van der Waals surface area contributed by atoms with E-state index in [1.165, 1.54) is 0 Å². The maximum atomic E-state index is 11.6. The molecule has 0 rings (SSSR count). The van der Waals surface area contributed by atoms with Crippen LogP contribution in [0, 0.1) is 6.61 Å². The molecule has 0 saturated carbocycles. The van der Waals surface area contributed by atoms with Crippen LogP contribution >= 0.6 is 0 Å². The van der Waals surface area contributed by atoms with E-state index in [9.17, 15) is 13.2 Å². The van der Waals surface area contributed by atoms with E-state index < -0.39 is 12.6 Å². The smallest absolute Gasteiger partial charge is 0.376 e. The molecule has 0 atom stereocenters. The third kappa shape index (κ3) is 9.75. The van der Waals surface area contributed by atoms with Gasteiger partial charge in [0.15, 0.2) is 0 Å². The van der Waals surface area contributed by atoms with Crippen molar-refractivity contribution < 1.29 is 17.9 Å². The molecule has 0 aliphatic rings. The van der Waals surface area contributed by atoms with Gasteiger partial charge < -0.3 is 4.74 Å². The summed E-state index contributed by atoms with van der Waals surface area (Å²) < 4.78 is 39.7. The maximum Gasteiger partial charge on any atom is 0.389 e. The lowest BCUT2D eigenvalue weighted by atomic mass is 10.2. The Morgan fingerprint density at radius 2 is 1.92 bits per heavy atom. The predicted molar refractivity (Wildman–Crippen MR) is 40.4 cm³/mol. The number of alkyl halides is 3. The van der Waals surface area contributed by atoms with Gasteiger partial charge in [-0.05, 0) is 19.3 Å². The second-order valence-electron chi connectivity index (χ2n) is 2.52. The number of ether oxygens (including phenoxy) is 1. The van der Waals surface area contributed by atoms with Crippen LogP contribution in [0.15, 0.2) is 0 Å². The summed E-state index contributed by atoms with van der Waals surface area (Å²) in [5, 5.41) is 0. The minimum atomic E-state index is -4.02. The van der Waals surface area contributed by atoms with Crippen molar-refractivity contribution in [2.75, 3.05) is 6.61 Å². The van der Waals surface area contributed by atoms with Gasteiger partial charge in [0.05, 0.1) is 6.61 Å². The maximum absolute atomic E-state index is 11.6. The van der Waals surface area contributed by atoms with Gasteiger partial charge >= 0.3 is 6.18 Å². The summed E-state index contributed by atoms with van der Waals surface area (Å²) in [6.07, 6.45) is -3.31. The molecule has 0 aliphatic heterocycles. The van der Waals surface area contributed by atoms with Crippen LogP contribution in [0.3, 0.4) is 0 Å². The van der Waals surface area contributed by atoms with Gasteiger partial charge in [0.25, 0.3) is 0 Å². The van der Waals surface area contributed by atoms with Crippen LogP contribution in [0.5, 0.6) is 0 Å². The Morgan fingerprint density at radius 3 is 2.42 bits per heavy atom. The molecule has 0 bridgehead atoms. The summed E-state index contributed by atoms with van der Waals surface area (Å²) in [4.78, 5) is 0. The first kappa shape index (κ1) is 11.8. The molecule has 1 radical (unpaired) electrons. The molecule has 0 aliphatic carbocycles. The Bertz CT molecular complexity index is 101. The van der Waals surface area contributed by atoms with Crippen molar-refractivity contribution >= 4 is 0 Å². The molecule has 0 aromatic carbocycles. The van der Waals surface area contributed by atoms with Crippen LogP contribution < -0.4 is 0 Å². The fraction of sp³-hybridized carbons (Fsp3) is 0.875. The molecule has 0 spiro atoms. The fourth-order valence-corrected chi connectivity index (χ4v) is 0.712. The zero-order valence-corrected chi connectivity index (χ0v) is 7.16. The minimum absolute atomic E-state index is 0.154. The Labute approximate surface area is 70.9 Å². The van der Waals surface area contributed by atoms with Crippen molar-refractivity contribution in [3.63, 3.8) is 0 Å². The molecular formula is C8H14F3O. The van der Waals surface area contributed by atoms with Crippen molar-refractivity contribution in [2.24, 2.45) is 0 Å². The third-order valence-corrected chi connectivity index (χ3v) is 1.26. The molecule has 0 aromatic heterocycles. The summed E-state index contributed by atoms with van der Waals surface area (Å²) in [7, 11) is 0. The Hall–Kier alpha value is -0.250. The summed E-state index contributed by atoms with van der Waals surface area (Å²) >= 11 is 0. The second-order valence-corrected chi connectivity index (χ2v) is 2.52. The highest BCUT2D eigenvalue weighted by molar-refractivity contribution is 4.51. The van der Waals surface area contributed by atoms with Gasteiger partial charge in [0.2, 0.25) is 0 Å². The molecular weight excluding hydrogens is 169 g/mol. The van der Waals surface area contributed by atoms with Crippen LogP contribution in [-0.2, 0) is 4.74 Å². The van der Waals surface area contributed by atoms with Gasteiger partial charge in [-0.15, -0.1) is 0 Å². The Kier molecular flexibility index (Phi) is 6.16. The molecule has 0 N–H and O–H groups in total. The highest BCUT2D eigenvalue weighted by atomic mass is 19.4. The molecule has 1 nitrogen and oxygen atoms in total. The van der Waals surface area contributed by atoms with Gasteiger partial charge in [-0.1, -0.05) is 6.92 Å². The lowest BCUT2D eigenvalue weighted by Gasteiger charge is -2.05. The first-order chi connectivity index (χ1) is 5.56. The molecule has 0 saturated heterocycles. The van der Waals surface area contributed by atoms with Crippen molar-refractivity contribution in [1.29, 1.82) is 0 Å². The van der Waals surface area contributed by atoms with E-state index in [-0.39, 0.29) is 6.42 Å². The molecule has 0 amide bonds. The Balaban J connectivity index is 3.01. The van der Waals surface area contributed by atoms with Crippen molar-refractivity contribution in [2.45, 2.75) is 38.8 Å². The van der Waals surface area contributed by atoms with Crippen LogP contribution in [-0.4, -0.2) is 12.8 Å². The third-order valence-electron chi connectivity index (χ3n) is 1.26. The monoisotopic (exact) mass is 183 g/mol. The molecule has 0 heterocycles. The van der Waals surface area contributed by atoms with Crippen molar-refractivity contribution in [3.05, 3.63) is 6.61 Å². The standard InChI is InChI=1S/C8H14F3O/c1-2-6-12-7-4-3-5-8(9,10)11/h6H,2-5,7H2,1H3. The highest BCUT2D eigenvalue weighted by Crippen LogP contribution is 2.21. The largest absolute Gasteiger partial charge is 0.389 e. The number of halogens is 3. The summed E-state index contributed by atoms with van der Waals surface area (Å²) in [6, 6.07) is 0. The molecule has 73 valence electrons. The SMILES string of the molecule is CC[CH]OCCCCC(F)(F)F. The molecule has 0 aromatic rings. The van der Waals surface area contributed by atoms with E-state index in [0.717, 1.165) is 6.42 Å². The molecule has 4 heteroatoms. The molecule has 0 unspecified atom stereocenters. The first-order valence-corrected chi connectivity index (χ1v) is 4.06. The molecule has 0 fully saturated rings. The summed E-state index contributed by atoms with van der Waals surface area (Å²) in [5.41, 5.74) is 0. The topological polar surface area (TPSA) is 9.23 Å². The van der Waals surface area contributed by atoms with Gasteiger partial charge in [-0.2, -0.15) is 13.2 Å². The van der Waals surface area contributed by atoms with E-state index in [1.807, 2.05) is 6.92 Å². The molecule has 12 heavy (non-hydrogen) atoms. The second kappa shape index (κ2) is 6.29. The lowest BCUT2D eigenvalue weighted by Crippen LogP contribution is -2.07. The van der Waals surface area contributed by atoms with Gasteiger partial charge in [-0.25, -0.2) is 0 Å². The van der Waals surface area contributed by atoms with Gasteiger partial charge in [0.1, 0.15) is 0 Å². The Morgan fingerprint density at radius 1 is 1.25 bits per heavy atom. The lowest BCUT2D eigenvalue weighted by molar-refractivity contribution is -0.136. The summed E-state index contributed by atoms with van der Waals surface area (Å²) in [5.74, 6) is 0. The van der Waals surface area contributed by atoms with Crippen LogP contribution in [0.4, 0.5) is 13.2 Å². The normalized spacial score (nSPS) is 12.0. The number of rotatable bonds is 6. The van der Waals surface area contributed by atoms with Crippen molar-refractivity contribution in [1.82, 2.24) is 0 Å². The predicted octanol–water partition coefficient (Wildman–Crippen LogP) is 3.31. The van der Waals surface area contributed by atoms with E-state index in [0.29, 0.717) is 13.0 Å². The average Bonchev–Trinajstić information content (AvgIpc) is 1.94. The van der Waals surface area contributed by atoms with E-state index in [1.54, 1.807) is 6.61 Å². The van der Waals surface area contributed by atoms with E-state index >= 15 is 0 Å². The zero-order valence-electron chi connectivity index (χ0n) is 7.16. The number of hydrogen-bond donors (Lipinski definition) is 0. The average molecular weight is 183 g/mol. The number of hydrogen-bond acceptors (Lipinski definition) is 1. The van der Waals surface area contributed by atoms with Gasteiger partial charge in [-0.3, -0.25) is 0 Å². The van der Waals surface area contributed by atoms with Crippen LogP contribution in [0.2, 0.25) is 0 Å². The van der Waals surface area contributed by atoms with Crippen LogP contribution in [0.25, 0.3) is 0 Å². The van der Waals surface area contributed by atoms with E-state index in [2.05, 4.69) is 0 Å². The first-order valence-electron chi connectivity index (χ1n) is 4.06. The van der Waals surface area contributed by atoms with Crippen molar-refractivity contribution in [3.8, 4) is 0 Å². The summed E-state index contributed by atoms with van der Waals surface area (Å²) in [6.45, 7) is 3.91. The van der Waals surface area contributed by atoms with E-state index in [4.69, 9.17) is 4.74 Å². The van der Waals surface area contributed by atoms with Gasteiger partial charge in [0, 0.05) is 13.0 Å². The highest BCUT2D eigenvalue weighted by Gasteiger charge is 2.25. The van der Waals surface area contributed by atoms with Crippen LogP contribution in [0.1, 0.15) is 32.6 Å². The minimum Gasteiger partial charge on any atom is -0.376 e. The quantitative estimate of drug-likeness (QED) is 0.574.